The number of aryl methyl sites for hydroxylation is 1. The molecule has 6 heteroatoms. The molecule has 2 aliphatic rings. The lowest BCUT2D eigenvalue weighted by atomic mass is 10.1. The number of nitrogens with zero attached hydrogens (tertiary/aromatic N) is 2. The average molecular weight is 331 g/mol. The zero-order chi connectivity index (χ0) is 16.0. The maximum absolute atomic E-state index is 12.1. The van der Waals surface area contributed by atoms with Crippen molar-refractivity contribution in [1.29, 1.82) is 0 Å². The SMILES string of the molecule is Cc1cccc(-c2[nH]ncc2CN2C[C@@H]3CCS(=O)(=O)[C@@H]3C2)c1. The Morgan fingerprint density at radius 3 is 3.00 bits per heavy atom. The van der Waals surface area contributed by atoms with Crippen molar-refractivity contribution in [2.45, 2.75) is 25.1 Å². The third-order valence-electron chi connectivity index (χ3n) is 5.11. The van der Waals surface area contributed by atoms with Gasteiger partial charge in [0.25, 0.3) is 0 Å². The fourth-order valence-electron chi connectivity index (χ4n) is 3.93. The predicted molar refractivity (Wildman–Crippen MR) is 89.7 cm³/mol. The molecule has 0 bridgehead atoms. The Hall–Kier alpha value is -1.66. The third-order valence-corrected chi connectivity index (χ3v) is 7.37. The summed E-state index contributed by atoms with van der Waals surface area (Å²) in [5.41, 5.74) is 4.51. The molecule has 2 saturated heterocycles. The molecule has 2 aliphatic heterocycles. The lowest BCUT2D eigenvalue weighted by molar-refractivity contribution is 0.315. The molecule has 0 amide bonds. The maximum Gasteiger partial charge on any atom is 0.154 e. The maximum atomic E-state index is 12.1. The zero-order valence-electron chi connectivity index (χ0n) is 13.2. The summed E-state index contributed by atoms with van der Waals surface area (Å²) in [6.45, 7) is 4.36. The molecule has 2 fully saturated rings. The summed E-state index contributed by atoms with van der Waals surface area (Å²) in [5, 5.41) is 7.14. The van der Waals surface area contributed by atoms with Crippen molar-refractivity contribution in [2.24, 2.45) is 5.92 Å². The minimum atomic E-state index is -2.87. The van der Waals surface area contributed by atoms with Gasteiger partial charge in [0.1, 0.15) is 0 Å². The fourth-order valence-corrected chi connectivity index (χ4v) is 6.11. The number of hydrogen-bond acceptors (Lipinski definition) is 4. The normalized spacial score (nSPS) is 26.5. The van der Waals surface area contributed by atoms with Gasteiger partial charge in [0.2, 0.25) is 0 Å². The van der Waals surface area contributed by atoms with Gasteiger partial charge in [-0.1, -0.05) is 23.8 Å². The van der Waals surface area contributed by atoms with Crippen molar-refractivity contribution in [3.05, 3.63) is 41.6 Å². The molecule has 5 nitrogen and oxygen atoms in total. The second-order valence-corrected chi connectivity index (χ2v) is 9.13. The van der Waals surface area contributed by atoms with E-state index in [1.54, 1.807) is 0 Å². The van der Waals surface area contributed by atoms with E-state index in [1.807, 2.05) is 12.3 Å². The molecule has 3 heterocycles. The highest BCUT2D eigenvalue weighted by molar-refractivity contribution is 7.92. The van der Waals surface area contributed by atoms with Gasteiger partial charge in [-0.05, 0) is 25.3 Å². The van der Waals surface area contributed by atoms with Crippen molar-refractivity contribution in [2.75, 3.05) is 18.8 Å². The van der Waals surface area contributed by atoms with Crippen LogP contribution in [0.5, 0.6) is 0 Å². The van der Waals surface area contributed by atoms with Crippen LogP contribution in [0.3, 0.4) is 0 Å². The Morgan fingerprint density at radius 1 is 1.35 bits per heavy atom. The van der Waals surface area contributed by atoms with Gasteiger partial charge in [-0.3, -0.25) is 10.00 Å². The highest BCUT2D eigenvalue weighted by Gasteiger charge is 2.46. The van der Waals surface area contributed by atoms with Gasteiger partial charge < -0.3 is 0 Å². The first-order valence-corrected chi connectivity index (χ1v) is 9.78. The number of hydrogen-bond donors (Lipinski definition) is 1. The first-order valence-electron chi connectivity index (χ1n) is 8.06. The summed E-state index contributed by atoms with van der Waals surface area (Å²) in [6, 6.07) is 8.33. The van der Waals surface area contributed by atoms with Crippen molar-refractivity contribution >= 4 is 9.84 Å². The zero-order valence-corrected chi connectivity index (χ0v) is 14.0. The smallest absolute Gasteiger partial charge is 0.154 e. The van der Waals surface area contributed by atoms with E-state index >= 15 is 0 Å². The molecule has 2 aromatic rings. The number of benzene rings is 1. The van der Waals surface area contributed by atoms with Gasteiger partial charge in [0.05, 0.1) is 22.9 Å². The van der Waals surface area contributed by atoms with E-state index in [9.17, 15) is 8.42 Å². The topological polar surface area (TPSA) is 66.1 Å². The van der Waals surface area contributed by atoms with Crippen LogP contribution in [0.1, 0.15) is 17.5 Å². The summed E-state index contributed by atoms with van der Waals surface area (Å²) in [4.78, 5) is 2.26. The molecule has 23 heavy (non-hydrogen) atoms. The molecule has 4 rings (SSSR count). The predicted octanol–water partition coefficient (Wildman–Crippen LogP) is 2.00. The summed E-state index contributed by atoms with van der Waals surface area (Å²) in [5.74, 6) is 0.686. The lowest BCUT2D eigenvalue weighted by Crippen LogP contribution is -2.26. The highest BCUT2D eigenvalue weighted by Crippen LogP contribution is 2.35. The van der Waals surface area contributed by atoms with Gasteiger partial charge in [-0.25, -0.2) is 8.42 Å². The first-order chi connectivity index (χ1) is 11.0. The Bertz CT molecular complexity index is 828. The molecule has 0 saturated carbocycles. The van der Waals surface area contributed by atoms with Crippen LogP contribution < -0.4 is 0 Å². The van der Waals surface area contributed by atoms with E-state index in [4.69, 9.17) is 0 Å². The van der Waals surface area contributed by atoms with Gasteiger partial charge in [0.15, 0.2) is 9.84 Å². The number of nitrogens with one attached hydrogen (secondary N) is 1. The number of aromatic amines is 1. The Morgan fingerprint density at radius 2 is 2.22 bits per heavy atom. The number of rotatable bonds is 3. The van der Waals surface area contributed by atoms with Crippen LogP contribution in [-0.2, 0) is 16.4 Å². The lowest BCUT2D eigenvalue weighted by Gasteiger charge is -2.16. The molecule has 122 valence electrons. The Balaban J connectivity index is 1.54. The van der Waals surface area contributed by atoms with Gasteiger partial charge in [-0.2, -0.15) is 5.10 Å². The summed E-state index contributed by atoms with van der Waals surface area (Å²) in [6.07, 6.45) is 2.68. The largest absolute Gasteiger partial charge is 0.297 e. The number of likely N-dealkylation sites (tertiary alicyclic amines) is 1. The van der Waals surface area contributed by atoms with E-state index in [-0.39, 0.29) is 5.25 Å². The molecule has 0 aliphatic carbocycles. The van der Waals surface area contributed by atoms with E-state index < -0.39 is 9.84 Å². The molecule has 0 spiro atoms. The van der Waals surface area contributed by atoms with E-state index in [0.29, 0.717) is 18.2 Å². The first kappa shape index (κ1) is 14.9. The summed E-state index contributed by atoms with van der Waals surface area (Å²) in [7, 11) is -2.87. The third kappa shape index (κ3) is 2.70. The van der Waals surface area contributed by atoms with Gasteiger partial charge in [-0.15, -0.1) is 0 Å². The Kier molecular flexibility index (Phi) is 3.54. The molecular formula is C17H21N3O2S. The summed E-state index contributed by atoms with van der Waals surface area (Å²) < 4.78 is 24.1. The number of fused-ring (bicyclic) bond motifs is 1. The average Bonchev–Trinajstić information content (AvgIpc) is 3.18. The van der Waals surface area contributed by atoms with Crippen LogP contribution in [0.25, 0.3) is 11.3 Å². The van der Waals surface area contributed by atoms with Crippen molar-refractivity contribution in [3.8, 4) is 11.3 Å². The summed E-state index contributed by atoms with van der Waals surface area (Å²) >= 11 is 0. The van der Waals surface area contributed by atoms with E-state index in [0.717, 1.165) is 36.3 Å². The van der Waals surface area contributed by atoms with Crippen LogP contribution >= 0.6 is 0 Å². The van der Waals surface area contributed by atoms with Crippen LogP contribution in [0.4, 0.5) is 0 Å². The molecule has 0 unspecified atom stereocenters. The molecule has 0 radical (unpaired) electrons. The minimum Gasteiger partial charge on any atom is -0.297 e. The van der Waals surface area contributed by atoms with Crippen molar-refractivity contribution in [1.82, 2.24) is 15.1 Å². The standard InChI is InChI=1S/C17H21N3O2S/c1-12-3-2-4-13(7-12)17-15(8-18-19-17)10-20-9-14-5-6-23(21,22)16(14)11-20/h2-4,7-8,14,16H,5-6,9-11H2,1H3,(H,18,19)/t14-,16+/m0/s1. The van der Waals surface area contributed by atoms with Crippen LogP contribution in [0.2, 0.25) is 0 Å². The monoisotopic (exact) mass is 331 g/mol. The molecule has 1 N–H and O–H groups in total. The fraction of sp³-hybridized carbons (Fsp3) is 0.471. The van der Waals surface area contributed by atoms with Crippen LogP contribution in [0, 0.1) is 12.8 Å². The van der Waals surface area contributed by atoms with Gasteiger partial charge >= 0.3 is 0 Å². The molecule has 2 atom stereocenters. The number of sulfone groups is 1. The second kappa shape index (κ2) is 5.46. The van der Waals surface area contributed by atoms with E-state index in [1.165, 1.54) is 5.56 Å². The highest BCUT2D eigenvalue weighted by atomic mass is 32.2. The Labute approximate surface area is 136 Å². The second-order valence-electron chi connectivity index (χ2n) is 6.79. The molecule has 1 aromatic carbocycles. The van der Waals surface area contributed by atoms with Gasteiger partial charge in [0, 0.05) is 30.8 Å². The number of H-pyrrole nitrogens is 1. The van der Waals surface area contributed by atoms with Crippen molar-refractivity contribution < 1.29 is 8.42 Å². The number of aromatic nitrogens is 2. The minimum absolute atomic E-state index is 0.156. The van der Waals surface area contributed by atoms with Crippen LogP contribution in [-0.4, -0.2) is 47.6 Å². The molecule has 1 aromatic heterocycles. The van der Waals surface area contributed by atoms with Crippen molar-refractivity contribution in [3.63, 3.8) is 0 Å². The van der Waals surface area contributed by atoms with E-state index in [2.05, 4.69) is 40.2 Å². The molecular weight excluding hydrogens is 310 g/mol. The van der Waals surface area contributed by atoms with Crippen LogP contribution in [0.15, 0.2) is 30.5 Å². The quantitative estimate of drug-likeness (QED) is 0.934.